The minimum Gasteiger partial charge on any atom is -0.373 e. The number of nitrogens with one attached hydrogen (secondary N) is 1. The van der Waals surface area contributed by atoms with Gasteiger partial charge in [0.05, 0.1) is 0 Å². The Balaban J connectivity index is -0.000000107. The molecule has 0 fully saturated rings. The molecular weight excluding hydrogens is 151 g/mol. The molecular formula is C2H7N4NaO3. The Morgan fingerprint density at radius 3 is 1.40 bits per heavy atom. The second kappa shape index (κ2) is 9.15. The molecule has 0 aromatic rings. The Bertz CT molecular complexity index is 95.2. The maximum atomic E-state index is 7.83. The van der Waals surface area contributed by atoms with Crippen LogP contribution in [0.3, 0.4) is 0 Å². The van der Waals surface area contributed by atoms with Crippen molar-refractivity contribution >= 4 is 0 Å². The van der Waals surface area contributed by atoms with Crippen LogP contribution in [-0.2, 0) is 0 Å². The quantitative estimate of drug-likeness (QED) is 0.101. The molecule has 0 heterocycles. The fourth-order valence-electron chi connectivity index (χ4n) is 0. The Labute approximate surface area is 79.4 Å². The SMILES string of the molecule is CNC(O)(O)O.[N-]=[N+]=[N-].[Na+]. The van der Waals surface area contributed by atoms with Crippen molar-refractivity contribution in [2.75, 3.05) is 7.05 Å². The van der Waals surface area contributed by atoms with E-state index in [2.05, 4.69) is 0 Å². The summed E-state index contributed by atoms with van der Waals surface area (Å²) in [5.74, 6) is 0. The predicted molar refractivity (Wildman–Crippen MR) is 28.5 cm³/mol. The molecule has 0 amide bonds. The summed E-state index contributed by atoms with van der Waals surface area (Å²) in [6.07, 6.45) is -2.71. The minimum absolute atomic E-state index is 0. The molecule has 10 heavy (non-hydrogen) atoms. The molecule has 0 aliphatic carbocycles. The molecule has 0 spiro atoms. The van der Waals surface area contributed by atoms with Gasteiger partial charge in [-0.15, -0.1) is 0 Å². The molecule has 0 aromatic carbocycles. The summed E-state index contributed by atoms with van der Waals surface area (Å²) in [5, 5.41) is 25.3. The molecule has 0 aromatic heterocycles. The summed E-state index contributed by atoms with van der Waals surface area (Å²) in [7, 11) is 1.21. The van der Waals surface area contributed by atoms with Crippen LogP contribution in [0.15, 0.2) is 0 Å². The summed E-state index contributed by atoms with van der Waals surface area (Å²) in [4.78, 5) is 1.50. The fraction of sp³-hybridized carbons (Fsp3) is 1.00. The fourth-order valence-corrected chi connectivity index (χ4v) is 0. The first-order chi connectivity index (χ1) is 3.97. The van der Waals surface area contributed by atoms with E-state index in [9.17, 15) is 0 Å². The molecule has 7 nitrogen and oxygen atoms in total. The zero-order valence-electron chi connectivity index (χ0n) is 5.68. The van der Waals surface area contributed by atoms with Gasteiger partial charge in [0, 0.05) is 0 Å². The zero-order valence-corrected chi connectivity index (χ0v) is 7.68. The van der Waals surface area contributed by atoms with Crippen molar-refractivity contribution in [2.24, 2.45) is 0 Å². The van der Waals surface area contributed by atoms with E-state index in [1.807, 2.05) is 0 Å². The van der Waals surface area contributed by atoms with Gasteiger partial charge in [-0.2, -0.15) is 0 Å². The van der Waals surface area contributed by atoms with Gasteiger partial charge in [0.15, 0.2) is 0 Å². The molecule has 0 radical (unpaired) electrons. The predicted octanol–water partition coefficient (Wildman–Crippen LogP) is -4.34. The van der Waals surface area contributed by atoms with E-state index in [-0.39, 0.29) is 29.6 Å². The van der Waals surface area contributed by atoms with Crippen LogP contribution in [0.25, 0.3) is 16.0 Å². The van der Waals surface area contributed by atoms with Crippen LogP contribution < -0.4 is 34.9 Å². The maximum absolute atomic E-state index is 7.83. The molecule has 0 atom stereocenters. The van der Waals surface area contributed by atoms with Crippen LogP contribution in [0.1, 0.15) is 0 Å². The first kappa shape index (κ1) is 16.6. The molecule has 0 unspecified atom stereocenters. The van der Waals surface area contributed by atoms with Crippen LogP contribution in [0.4, 0.5) is 0 Å². The number of rotatable bonds is 1. The third-order valence-electron chi connectivity index (χ3n) is 0.335. The topological polar surface area (TPSA) is 131 Å². The van der Waals surface area contributed by atoms with Gasteiger partial charge in [-0.05, 0) is 7.05 Å². The first-order valence-corrected chi connectivity index (χ1v) is 1.82. The number of hydrogen-bond acceptors (Lipinski definition) is 4. The van der Waals surface area contributed by atoms with Gasteiger partial charge >= 0.3 is 35.7 Å². The summed E-state index contributed by atoms with van der Waals surface area (Å²) in [6, 6.07) is 0. The first-order valence-electron chi connectivity index (χ1n) is 1.82. The van der Waals surface area contributed by atoms with Gasteiger partial charge in [0.25, 0.3) is 0 Å². The smallest absolute Gasteiger partial charge is 0.373 e. The van der Waals surface area contributed by atoms with Crippen LogP contribution in [0.2, 0.25) is 0 Å². The van der Waals surface area contributed by atoms with Crippen LogP contribution >= 0.6 is 0 Å². The van der Waals surface area contributed by atoms with E-state index in [0.717, 1.165) is 0 Å². The number of nitrogens with zero attached hydrogens (tertiary/aromatic N) is 3. The van der Waals surface area contributed by atoms with Crippen molar-refractivity contribution in [3.8, 4) is 0 Å². The minimum atomic E-state index is -2.71. The largest absolute Gasteiger partial charge is 1.00 e. The van der Waals surface area contributed by atoms with Gasteiger partial charge in [-0.1, -0.05) is 0 Å². The molecule has 0 rings (SSSR count). The summed E-state index contributed by atoms with van der Waals surface area (Å²) < 4.78 is 0. The molecule has 0 saturated heterocycles. The monoisotopic (exact) mass is 158 g/mol. The van der Waals surface area contributed by atoms with Crippen LogP contribution in [0, 0.1) is 0 Å². The second-order valence-corrected chi connectivity index (χ2v) is 0.975. The third kappa shape index (κ3) is 42.0. The van der Waals surface area contributed by atoms with E-state index in [1.54, 1.807) is 5.32 Å². The molecule has 4 N–H and O–H groups in total. The molecule has 0 aliphatic heterocycles. The third-order valence-corrected chi connectivity index (χ3v) is 0.335. The van der Waals surface area contributed by atoms with Crippen molar-refractivity contribution in [1.29, 1.82) is 0 Å². The summed E-state index contributed by atoms with van der Waals surface area (Å²) in [6.45, 7) is 0. The molecule has 0 bridgehead atoms. The van der Waals surface area contributed by atoms with Crippen molar-refractivity contribution in [2.45, 2.75) is 6.10 Å². The summed E-state index contributed by atoms with van der Waals surface area (Å²) in [5.41, 5.74) is 13.5. The molecule has 0 aliphatic rings. The van der Waals surface area contributed by atoms with Crippen LogP contribution in [-0.4, -0.2) is 28.5 Å². The van der Waals surface area contributed by atoms with E-state index in [0.29, 0.717) is 0 Å². The molecule has 8 heteroatoms. The Morgan fingerprint density at radius 1 is 1.30 bits per heavy atom. The summed E-state index contributed by atoms with van der Waals surface area (Å²) >= 11 is 0. The average Bonchev–Trinajstić information content (AvgIpc) is 1.67. The Hall–Kier alpha value is 0.150. The number of aliphatic hydroxyl groups is 3. The van der Waals surface area contributed by atoms with Gasteiger partial charge in [0.2, 0.25) is 0 Å². The van der Waals surface area contributed by atoms with Crippen molar-refractivity contribution < 1.29 is 44.9 Å². The second-order valence-electron chi connectivity index (χ2n) is 0.975. The van der Waals surface area contributed by atoms with Crippen LogP contribution in [0.5, 0.6) is 0 Å². The maximum Gasteiger partial charge on any atom is 1.00 e. The molecule has 0 saturated carbocycles. The Kier molecular flexibility index (Phi) is 15.2. The normalized spacial score (nSPS) is 8.00. The van der Waals surface area contributed by atoms with Crippen molar-refractivity contribution in [3.05, 3.63) is 16.0 Å². The van der Waals surface area contributed by atoms with Gasteiger partial charge in [0.1, 0.15) is 0 Å². The van der Waals surface area contributed by atoms with Gasteiger partial charge in [-0.25, -0.2) is 5.32 Å². The zero-order chi connectivity index (χ0) is 7.91. The van der Waals surface area contributed by atoms with E-state index in [1.165, 1.54) is 12.0 Å². The Morgan fingerprint density at radius 2 is 1.40 bits per heavy atom. The van der Waals surface area contributed by atoms with Gasteiger partial charge < -0.3 is 26.4 Å². The average molecular weight is 158 g/mol. The van der Waals surface area contributed by atoms with Gasteiger partial charge in [-0.3, -0.25) is 4.91 Å². The van der Waals surface area contributed by atoms with Crippen molar-refractivity contribution in [1.82, 2.24) is 5.32 Å². The molecule has 54 valence electrons. The number of hydrogen-bond donors (Lipinski definition) is 4. The standard InChI is InChI=1S/C2H7NO3.N3.Na/c1-3-2(4,5)6;1-3-2;/h3-6H,1H3;;/q;-1;+1. The van der Waals surface area contributed by atoms with E-state index >= 15 is 0 Å². The van der Waals surface area contributed by atoms with E-state index in [4.69, 9.17) is 26.4 Å². The van der Waals surface area contributed by atoms with Crippen molar-refractivity contribution in [3.63, 3.8) is 0 Å². The van der Waals surface area contributed by atoms with E-state index < -0.39 is 6.10 Å².